The summed E-state index contributed by atoms with van der Waals surface area (Å²) in [5.74, 6) is 0. The van der Waals surface area contributed by atoms with Crippen LogP contribution < -0.4 is 0 Å². The molecule has 1 rings (SSSR count). The molecule has 0 spiro atoms. The summed E-state index contributed by atoms with van der Waals surface area (Å²) in [6.07, 6.45) is 0.843. The van der Waals surface area contributed by atoms with Crippen LogP contribution in [0, 0.1) is 0 Å². The molecule has 2 nitrogen and oxygen atoms in total. The van der Waals surface area contributed by atoms with Crippen LogP contribution in [0.15, 0.2) is 9.17 Å². The summed E-state index contributed by atoms with van der Waals surface area (Å²) in [6, 6.07) is 0. The molecule has 0 bridgehead atoms. The molecule has 60 valence electrons. The lowest BCUT2D eigenvalue weighted by Gasteiger charge is -1.96. The molecule has 0 atom stereocenters. The molecule has 1 aromatic heterocycles. The lowest BCUT2D eigenvalue weighted by Crippen LogP contribution is -1.90. The molecule has 1 aromatic rings. The van der Waals surface area contributed by atoms with Gasteiger partial charge in [-0.05, 0) is 15.9 Å². The van der Waals surface area contributed by atoms with Crippen molar-refractivity contribution < 1.29 is 9.53 Å². The van der Waals surface area contributed by atoms with Crippen molar-refractivity contribution in [3.63, 3.8) is 0 Å². The first-order chi connectivity index (χ1) is 5.29. The van der Waals surface area contributed by atoms with E-state index in [1.807, 2.05) is 5.38 Å². The highest BCUT2D eigenvalue weighted by atomic mass is 79.9. The van der Waals surface area contributed by atoms with Crippen LogP contribution in [0.2, 0.25) is 0 Å². The first-order valence-corrected chi connectivity index (χ1v) is 4.66. The summed E-state index contributed by atoms with van der Waals surface area (Å²) >= 11 is 4.84. The number of hydrogen-bond donors (Lipinski definition) is 0. The zero-order valence-corrected chi connectivity index (χ0v) is 8.37. The van der Waals surface area contributed by atoms with E-state index < -0.39 is 0 Å². The Morgan fingerprint density at radius 2 is 2.55 bits per heavy atom. The molecule has 1 heterocycles. The van der Waals surface area contributed by atoms with Crippen molar-refractivity contribution in [2.75, 3.05) is 7.11 Å². The van der Waals surface area contributed by atoms with E-state index in [1.54, 1.807) is 7.11 Å². The van der Waals surface area contributed by atoms with E-state index in [1.165, 1.54) is 11.3 Å². The fourth-order valence-electron chi connectivity index (χ4n) is 0.754. The van der Waals surface area contributed by atoms with Crippen LogP contribution in [0.25, 0.3) is 0 Å². The Morgan fingerprint density at radius 3 is 3.09 bits per heavy atom. The van der Waals surface area contributed by atoms with Gasteiger partial charge in [-0.25, -0.2) is 0 Å². The summed E-state index contributed by atoms with van der Waals surface area (Å²) in [4.78, 5) is 10.4. The second kappa shape index (κ2) is 3.99. The van der Waals surface area contributed by atoms with E-state index in [2.05, 4.69) is 15.9 Å². The number of halogens is 1. The number of aldehydes is 1. The average molecular weight is 235 g/mol. The van der Waals surface area contributed by atoms with Crippen LogP contribution in [0.3, 0.4) is 0 Å². The Morgan fingerprint density at radius 1 is 1.82 bits per heavy atom. The quantitative estimate of drug-likeness (QED) is 0.752. The zero-order valence-electron chi connectivity index (χ0n) is 5.96. The second-order valence-electron chi connectivity index (χ2n) is 1.99. The molecule has 0 aromatic carbocycles. The SMILES string of the molecule is COCc1c(C=O)csc1Br. The Balaban J connectivity index is 2.97. The molecule has 0 aliphatic heterocycles. The maximum atomic E-state index is 10.4. The van der Waals surface area contributed by atoms with Gasteiger partial charge in [0.15, 0.2) is 6.29 Å². The molecule has 0 aliphatic carbocycles. The van der Waals surface area contributed by atoms with Gasteiger partial charge in [0.2, 0.25) is 0 Å². The van der Waals surface area contributed by atoms with Crippen LogP contribution in [-0.4, -0.2) is 13.4 Å². The largest absolute Gasteiger partial charge is 0.380 e. The highest BCUT2D eigenvalue weighted by molar-refractivity contribution is 9.11. The van der Waals surface area contributed by atoms with Gasteiger partial charge < -0.3 is 4.74 Å². The average Bonchev–Trinajstić information content (AvgIpc) is 2.34. The van der Waals surface area contributed by atoms with E-state index in [-0.39, 0.29) is 0 Å². The standard InChI is InChI=1S/C7H7BrO2S/c1-10-3-6-5(2-9)4-11-7(6)8/h2,4H,3H2,1H3. The fourth-order valence-corrected chi connectivity index (χ4v) is 2.13. The number of rotatable bonds is 3. The number of ether oxygens (including phenoxy) is 1. The van der Waals surface area contributed by atoms with Crippen molar-refractivity contribution in [1.29, 1.82) is 0 Å². The van der Waals surface area contributed by atoms with Crippen molar-refractivity contribution in [3.8, 4) is 0 Å². The maximum absolute atomic E-state index is 10.4. The maximum Gasteiger partial charge on any atom is 0.151 e. The molecule has 0 unspecified atom stereocenters. The predicted octanol–water partition coefficient (Wildman–Crippen LogP) is 2.47. The minimum absolute atomic E-state index is 0.484. The summed E-state index contributed by atoms with van der Waals surface area (Å²) in [5.41, 5.74) is 1.65. The number of hydrogen-bond acceptors (Lipinski definition) is 3. The molecule has 0 fully saturated rings. The predicted molar refractivity (Wildman–Crippen MR) is 48.1 cm³/mol. The molecule has 4 heteroatoms. The van der Waals surface area contributed by atoms with Gasteiger partial charge in [0.1, 0.15) is 0 Å². The Hall–Kier alpha value is -0.190. The van der Waals surface area contributed by atoms with Gasteiger partial charge in [0, 0.05) is 23.6 Å². The lowest BCUT2D eigenvalue weighted by molar-refractivity contribution is 0.111. The van der Waals surface area contributed by atoms with E-state index in [0.29, 0.717) is 12.2 Å². The Labute approximate surface area is 77.3 Å². The topological polar surface area (TPSA) is 26.3 Å². The van der Waals surface area contributed by atoms with E-state index in [9.17, 15) is 4.79 Å². The minimum Gasteiger partial charge on any atom is -0.380 e. The third-order valence-electron chi connectivity index (χ3n) is 1.29. The van der Waals surface area contributed by atoms with Gasteiger partial charge >= 0.3 is 0 Å². The second-order valence-corrected chi connectivity index (χ2v) is 4.19. The van der Waals surface area contributed by atoms with Crippen LogP contribution in [0.1, 0.15) is 15.9 Å². The molecule has 0 saturated heterocycles. The highest BCUT2D eigenvalue weighted by Crippen LogP contribution is 2.27. The molecule has 0 saturated carbocycles. The van der Waals surface area contributed by atoms with Crippen molar-refractivity contribution in [2.45, 2.75) is 6.61 Å². The van der Waals surface area contributed by atoms with Crippen molar-refractivity contribution >= 4 is 33.6 Å². The van der Waals surface area contributed by atoms with Crippen molar-refractivity contribution in [2.24, 2.45) is 0 Å². The monoisotopic (exact) mass is 234 g/mol. The Kier molecular flexibility index (Phi) is 3.23. The first-order valence-electron chi connectivity index (χ1n) is 2.99. The van der Waals surface area contributed by atoms with Gasteiger partial charge in [-0.3, -0.25) is 4.79 Å². The molecule has 0 N–H and O–H groups in total. The summed E-state index contributed by atoms with van der Waals surface area (Å²) < 4.78 is 5.90. The van der Waals surface area contributed by atoms with Crippen molar-refractivity contribution in [3.05, 3.63) is 20.3 Å². The molecule has 0 amide bonds. The van der Waals surface area contributed by atoms with E-state index in [0.717, 1.165) is 15.6 Å². The zero-order chi connectivity index (χ0) is 8.27. The number of carbonyl (C=O) groups excluding carboxylic acids is 1. The van der Waals surface area contributed by atoms with E-state index in [4.69, 9.17) is 4.74 Å². The lowest BCUT2D eigenvalue weighted by atomic mass is 10.2. The summed E-state index contributed by atoms with van der Waals surface area (Å²) in [7, 11) is 1.61. The van der Waals surface area contributed by atoms with Crippen LogP contribution in [0.4, 0.5) is 0 Å². The van der Waals surface area contributed by atoms with Gasteiger partial charge in [0.05, 0.1) is 10.4 Å². The molecule has 11 heavy (non-hydrogen) atoms. The minimum atomic E-state index is 0.484. The first kappa shape index (κ1) is 8.90. The molecular formula is C7H7BrO2S. The number of methoxy groups -OCH3 is 1. The van der Waals surface area contributed by atoms with Crippen molar-refractivity contribution in [1.82, 2.24) is 0 Å². The van der Waals surface area contributed by atoms with Gasteiger partial charge in [-0.2, -0.15) is 0 Å². The highest BCUT2D eigenvalue weighted by Gasteiger charge is 2.07. The smallest absolute Gasteiger partial charge is 0.151 e. The third-order valence-corrected chi connectivity index (χ3v) is 3.16. The molecular weight excluding hydrogens is 228 g/mol. The van der Waals surface area contributed by atoms with Gasteiger partial charge in [-0.1, -0.05) is 0 Å². The number of carbonyl (C=O) groups is 1. The molecule has 0 aliphatic rings. The summed E-state index contributed by atoms with van der Waals surface area (Å²) in [6.45, 7) is 0.484. The normalized spacial score (nSPS) is 10.0. The van der Waals surface area contributed by atoms with Crippen LogP contribution >= 0.6 is 27.3 Å². The van der Waals surface area contributed by atoms with Gasteiger partial charge in [-0.15, -0.1) is 11.3 Å². The van der Waals surface area contributed by atoms with E-state index >= 15 is 0 Å². The third kappa shape index (κ3) is 1.89. The number of thiophene rings is 1. The fraction of sp³-hybridized carbons (Fsp3) is 0.286. The Bertz CT molecular complexity index is 257. The summed E-state index contributed by atoms with van der Waals surface area (Å²) in [5, 5.41) is 1.81. The molecule has 0 radical (unpaired) electrons. The van der Waals surface area contributed by atoms with Crippen LogP contribution in [-0.2, 0) is 11.3 Å². The van der Waals surface area contributed by atoms with Gasteiger partial charge in [0.25, 0.3) is 0 Å². The van der Waals surface area contributed by atoms with Crippen LogP contribution in [0.5, 0.6) is 0 Å².